The molecule has 0 bridgehead atoms. The first-order valence-electron chi connectivity index (χ1n) is 19.7. The van der Waals surface area contributed by atoms with Gasteiger partial charge in [0.05, 0.1) is 23.3 Å². The molecule has 0 unspecified atom stereocenters. The number of nitrogens with zero attached hydrogens (tertiary/aromatic N) is 7. The van der Waals surface area contributed by atoms with Gasteiger partial charge in [-0.05, 0) is 68.9 Å². The standard InChI is InChI=1S/C49H38F3N7OS/c1-34-43(53-30-29-45(34)60-33-48(50,51)52)31-58-44-24-14-13-23-42(44)54-47(58)61-32-35-25-27-36(28-26-35)40-21-11-12-22-41(40)46-55-56-57-59(46)49(37-15-5-2-6-16-37,38-17-7-3-8-18-38)39-19-9-4-10-20-39/h2-30H,31-33H2,1H3. The van der Waals surface area contributed by atoms with Crippen LogP contribution in [-0.2, 0) is 17.8 Å². The summed E-state index contributed by atoms with van der Waals surface area (Å²) in [4.78, 5) is 9.46. The number of hydrogen-bond donors (Lipinski definition) is 0. The van der Waals surface area contributed by atoms with Crippen LogP contribution in [0.3, 0.4) is 0 Å². The van der Waals surface area contributed by atoms with Crippen molar-refractivity contribution in [1.82, 2.24) is 34.7 Å². The Balaban J connectivity index is 1.03. The molecule has 9 rings (SSSR count). The monoisotopic (exact) mass is 829 g/mol. The highest BCUT2D eigenvalue weighted by molar-refractivity contribution is 7.98. The Morgan fingerprint density at radius 2 is 1.25 bits per heavy atom. The second kappa shape index (κ2) is 16.9. The van der Waals surface area contributed by atoms with Crippen LogP contribution in [0.25, 0.3) is 33.5 Å². The average molecular weight is 830 g/mol. The largest absolute Gasteiger partial charge is 0.484 e. The first-order chi connectivity index (χ1) is 29.8. The van der Waals surface area contributed by atoms with Gasteiger partial charge in [-0.1, -0.05) is 163 Å². The molecule has 0 N–H and O–H groups in total. The Labute approximate surface area is 354 Å². The summed E-state index contributed by atoms with van der Waals surface area (Å²) >= 11 is 1.58. The van der Waals surface area contributed by atoms with Gasteiger partial charge in [-0.2, -0.15) is 13.2 Å². The zero-order chi connectivity index (χ0) is 41.8. The number of hydrogen-bond acceptors (Lipinski definition) is 7. The quantitative estimate of drug-likeness (QED) is 0.0845. The molecule has 0 amide bonds. The van der Waals surface area contributed by atoms with Crippen molar-refractivity contribution in [3.8, 4) is 28.3 Å². The molecule has 0 aliphatic rings. The lowest BCUT2D eigenvalue weighted by atomic mass is 9.77. The SMILES string of the molecule is Cc1c(OCC(F)(F)F)ccnc1Cn1c(SCc2ccc(-c3ccccc3-c3nnnn3C(c3ccccc3)(c3ccccc3)c3ccccc3)cc2)nc2ccccc21. The number of imidazole rings is 1. The summed E-state index contributed by atoms with van der Waals surface area (Å²) in [5, 5.41) is 14.6. The molecule has 0 aliphatic heterocycles. The number of fused-ring (bicyclic) bond motifs is 1. The number of aromatic nitrogens is 7. The van der Waals surface area contributed by atoms with Crippen LogP contribution in [0, 0.1) is 6.92 Å². The summed E-state index contributed by atoms with van der Waals surface area (Å²) in [6.07, 6.45) is -2.97. The van der Waals surface area contributed by atoms with E-state index < -0.39 is 18.3 Å². The summed E-state index contributed by atoms with van der Waals surface area (Å²) in [6, 6.07) is 56.9. The maximum Gasteiger partial charge on any atom is 0.422 e. The lowest BCUT2D eigenvalue weighted by molar-refractivity contribution is -0.153. The van der Waals surface area contributed by atoms with Crippen molar-refractivity contribution in [3.05, 3.63) is 210 Å². The molecule has 0 fully saturated rings. The summed E-state index contributed by atoms with van der Waals surface area (Å²) in [6.45, 7) is 0.673. The van der Waals surface area contributed by atoms with Crippen LogP contribution in [0.2, 0.25) is 0 Å². The van der Waals surface area contributed by atoms with Crippen LogP contribution in [-0.4, -0.2) is 47.5 Å². The van der Waals surface area contributed by atoms with Gasteiger partial charge in [0.15, 0.2) is 17.6 Å². The zero-order valence-electron chi connectivity index (χ0n) is 32.9. The highest BCUT2D eigenvalue weighted by Gasteiger charge is 2.42. The molecule has 0 radical (unpaired) electrons. The molecule has 61 heavy (non-hydrogen) atoms. The Kier molecular flexibility index (Phi) is 10.9. The number of rotatable bonds is 13. The topological polar surface area (TPSA) is 83.5 Å². The average Bonchev–Trinajstić information content (AvgIpc) is 3.92. The van der Waals surface area contributed by atoms with E-state index in [0.29, 0.717) is 29.4 Å². The maximum absolute atomic E-state index is 13.0. The van der Waals surface area contributed by atoms with Gasteiger partial charge in [0.2, 0.25) is 0 Å². The molecule has 6 aromatic carbocycles. The first-order valence-corrected chi connectivity index (χ1v) is 20.6. The third-order valence-corrected chi connectivity index (χ3v) is 11.8. The van der Waals surface area contributed by atoms with Gasteiger partial charge in [0.25, 0.3) is 0 Å². The van der Waals surface area contributed by atoms with E-state index >= 15 is 0 Å². The molecule has 3 aromatic heterocycles. The third-order valence-electron chi connectivity index (χ3n) is 10.7. The number of pyridine rings is 1. The lowest BCUT2D eigenvalue weighted by Crippen LogP contribution is -2.39. The van der Waals surface area contributed by atoms with Crippen LogP contribution in [0.15, 0.2) is 181 Å². The molecular formula is C49H38F3N7OS. The van der Waals surface area contributed by atoms with Crippen LogP contribution in [0.1, 0.15) is 33.5 Å². The molecule has 3 heterocycles. The van der Waals surface area contributed by atoms with Crippen LogP contribution in [0.5, 0.6) is 5.75 Å². The van der Waals surface area contributed by atoms with Crippen LogP contribution < -0.4 is 4.74 Å². The Hall–Kier alpha value is -7.05. The Bertz CT molecular complexity index is 2810. The van der Waals surface area contributed by atoms with Crippen molar-refractivity contribution in [2.75, 3.05) is 6.61 Å². The fourth-order valence-corrected chi connectivity index (χ4v) is 8.81. The number of tetrazole rings is 1. The van der Waals surface area contributed by atoms with Crippen molar-refractivity contribution < 1.29 is 17.9 Å². The van der Waals surface area contributed by atoms with E-state index in [1.54, 1.807) is 18.7 Å². The van der Waals surface area contributed by atoms with E-state index in [2.05, 4.69) is 87.6 Å². The molecule has 0 atom stereocenters. The summed E-state index contributed by atoms with van der Waals surface area (Å²) in [5.74, 6) is 1.40. The molecule has 302 valence electrons. The predicted octanol–water partition coefficient (Wildman–Crippen LogP) is 11.2. The second-order valence-electron chi connectivity index (χ2n) is 14.5. The number of alkyl halides is 3. The van der Waals surface area contributed by atoms with E-state index in [0.717, 1.165) is 55.1 Å². The number of para-hydroxylation sites is 2. The summed E-state index contributed by atoms with van der Waals surface area (Å²) < 4.78 is 48.0. The molecule has 12 heteroatoms. The van der Waals surface area contributed by atoms with Gasteiger partial charge in [-0.3, -0.25) is 4.98 Å². The minimum absolute atomic E-state index is 0.155. The summed E-state index contributed by atoms with van der Waals surface area (Å²) in [5.41, 5.74) is 8.98. The third kappa shape index (κ3) is 7.89. The van der Waals surface area contributed by atoms with Gasteiger partial charge < -0.3 is 9.30 Å². The van der Waals surface area contributed by atoms with Gasteiger partial charge >= 0.3 is 6.18 Å². The van der Waals surface area contributed by atoms with Crippen LogP contribution >= 0.6 is 11.8 Å². The van der Waals surface area contributed by atoms with E-state index in [1.165, 1.54) is 12.3 Å². The van der Waals surface area contributed by atoms with E-state index in [9.17, 15) is 13.2 Å². The number of halogens is 3. The summed E-state index contributed by atoms with van der Waals surface area (Å²) in [7, 11) is 0. The lowest BCUT2D eigenvalue weighted by Gasteiger charge is -2.36. The van der Waals surface area contributed by atoms with Crippen molar-refractivity contribution in [3.63, 3.8) is 0 Å². The Morgan fingerprint density at radius 3 is 1.89 bits per heavy atom. The smallest absolute Gasteiger partial charge is 0.422 e. The molecule has 0 spiro atoms. The van der Waals surface area contributed by atoms with Crippen molar-refractivity contribution in [2.45, 2.75) is 36.1 Å². The van der Waals surface area contributed by atoms with Gasteiger partial charge in [-0.15, -0.1) is 5.10 Å². The van der Waals surface area contributed by atoms with Crippen LogP contribution in [0.4, 0.5) is 13.2 Å². The van der Waals surface area contributed by atoms with Gasteiger partial charge in [0, 0.05) is 23.1 Å². The molecule has 0 aliphatic carbocycles. The second-order valence-corrected chi connectivity index (χ2v) is 15.5. The number of benzene rings is 6. The highest BCUT2D eigenvalue weighted by atomic mass is 32.2. The normalized spacial score (nSPS) is 11.9. The van der Waals surface area contributed by atoms with Crippen molar-refractivity contribution >= 4 is 22.8 Å². The molecule has 9 aromatic rings. The van der Waals surface area contributed by atoms with Gasteiger partial charge in [0.1, 0.15) is 11.3 Å². The van der Waals surface area contributed by atoms with E-state index in [-0.39, 0.29) is 5.75 Å². The number of thioether (sulfide) groups is 1. The molecule has 0 saturated carbocycles. The molecular weight excluding hydrogens is 792 g/mol. The van der Waals surface area contributed by atoms with Gasteiger partial charge in [-0.25, -0.2) is 9.67 Å². The van der Waals surface area contributed by atoms with Crippen molar-refractivity contribution in [1.29, 1.82) is 0 Å². The fourth-order valence-electron chi connectivity index (χ4n) is 7.84. The fraction of sp³-hybridized carbons (Fsp3) is 0.122. The van der Waals surface area contributed by atoms with Crippen molar-refractivity contribution in [2.24, 2.45) is 0 Å². The predicted molar refractivity (Wildman–Crippen MR) is 232 cm³/mol. The first kappa shape index (κ1) is 39.4. The van der Waals surface area contributed by atoms with E-state index in [4.69, 9.17) is 20.0 Å². The highest BCUT2D eigenvalue weighted by Crippen LogP contribution is 2.43. The zero-order valence-corrected chi connectivity index (χ0v) is 33.8. The van der Waals surface area contributed by atoms with E-state index in [1.807, 2.05) is 95.7 Å². The maximum atomic E-state index is 13.0. The number of ether oxygens (including phenoxy) is 1. The molecule has 0 saturated heterocycles. The molecule has 8 nitrogen and oxygen atoms in total. The Morgan fingerprint density at radius 1 is 0.656 bits per heavy atom. The minimum Gasteiger partial charge on any atom is -0.484 e. The minimum atomic E-state index is -4.44.